The molecular weight excluding hydrogens is 426 g/mol. The fraction of sp³-hybridized carbons (Fsp3) is 0.348. The summed E-state index contributed by atoms with van der Waals surface area (Å²) < 4.78 is 82.7. The highest BCUT2D eigenvalue weighted by Crippen LogP contribution is 2.34. The Morgan fingerprint density at radius 1 is 1.12 bits per heavy atom. The van der Waals surface area contributed by atoms with E-state index in [1.54, 1.807) is 28.0 Å². The molecule has 0 bridgehead atoms. The summed E-state index contributed by atoms with van der Waals surface area (Å²) in [5.74, 6) is -0.917. The molecule has 1 saturated heterocycles. The summed E-state index contributed by atoms with van der Waals surface area (Å²) in [5.41, 5.74) is 5.91. The molecular formula is C23H25N5O5. The van der Waals surface area contributed by atoms with Crippen molar-refractivity contribution in [3.05, 3.63) is 36.4 Å². The fourth-order valence-corrected chi connectivity index (χ4v) is 3.77. The number of fused-ring (bicyclic) bond motifs is 2. The minimum atomic E-state index is -3.08. The number of ether oxygens (including phenoxy) is 4. The van der Waals surface area contributed by atoms with Crippen molar-refractivity contribution in [1.82, 2.24) is 14.9 Å². The van der Waals surface area contributed by atoms with Crippen LogP contribution in [0.2, 0.25) is 0 Å². The Bertz CT molecular complexity index is 1490. The van der Waals surface area contributed by atoms with Gasteiger partial charge in [-0.2, -0.15) is 4.98 Å². The Morgan fingerprint density at radius 3 is 2.61 bits per heavy atom. The van der Waals surface area contributed by atoms with Crippen LogP contribution in [0.1, 0.15) is 11.0 Å². The minimum absolute atomic E-state index is 0.0745. The molecule has 3 aromatic rings. The maximum Gasteiger partial charge on any atom is 0.267 e. The fourth-order valence-electron chi connectivity index (χ4n) is 3.77. The molecule has 0 radical (unpaired) electrons. The standard InChI is InChI=1S/C23H25N5O5/c1-30-18-11-14-15(12-19(18)31-2)25-23(26-21(14)24)28-9-7-27(8-10-28)22(29)20-13-32-16-5-3-4-6-17(16)33-20/h3-6,11-12,20H,7-10,13H2,1-2H3,(H2,24,25,26)/i1D3,2D3,11D,12D. The summed E-state index contributed by atoms with van der Waals surface area (Å²) in [6.07, 6.45) is -0.798. The average molecular weight is 460 g/mol. The highest BCUT2D eigenvalue weighted by atomic mass is 16.6. The quantitative estimate of drug-likeness (QED) is 0.623. The zero-order valence-corrected chi connectivity index (χ0v) is 17.3. The number of piperazine rings is 1. The van der Waals surface area contributed by atoms with Crippen LogP contribution >= 0.6 is 0 Å². The molecule has 2 N–H and O–H groups in total. The summed E-state index contributed by atoms with van der Waals surface area (Å²) in [5, 5.41) is -0.195. The van der Waals surface area contributed by atoms with Gasteiger partial charge in [-0.1, -0.05) is 12.1 Å². The van der Waals surface area contributed by atoms with Gasteiger partial charge in [0.15, 0.2) is 23.0 Å². The van der Waals surface area contributed by atoms with Crippen LogP contribution in [-0.4, -0.2) is 73.7 Å². The van der Waals surface area contributed by atoms with Gasteiger partial charge in [0.05, 0.1) is 30.6 Å². The molecule has 1 amide bonds. The van der Waals surface area contributed by atoms with Crippen molar-refractivity contribution < 1.29 is 34.7 Å². The number of rotatable bonds is 4. The molecule has 0 spiro atoms. The lowest BCUT2D eigenvalue weighted by atomic mass is 10.2. The second kappa shape index (κ2) is 8.53. The zero-order valence-electron chi connectivity index (χ0n) is 25.3. The molecule has 172 valence electrons. The lowest BCUT2D eigenvalue weighted by Crippen LogP contribution is -2.54. The monoisotopic (exact) mass is 459 g/mol. The number of aromatic nitrogens is 2. The first-order valence-electron chi connectivity index (χ1n) is 14.1. The van der Waals surface area contributed by atoms with Crippen molar-refractivity contribution >= 4 is 28.6 Å². The number of carbonyl (C=O) groups excluding carboxylic acids is 1. The third-order valence-electron chi connectivity index (χ3n) is 5.46. The topological polar surface area (TPSA) is 112 Å². The number of anilines is 2. The van der Waals surface area contributed by atoms with Crippen molar-refractivity contribution in [3.63, 3.8) is 0 Å². The number of nitrogens with two attached hydrogens (primary N) is 1. The van der Waals surface area contributed by atoms with E-state index in [0.717, 1.165) is 0 Å². The number of hydrogen-bond donors (Lipinski definition) is 1. The average Bonchev–Trinajstić information content (AvgIpc) is 2.91. The number of amides is 1. The van der Waals surface area contributed by atoms with Gasteiger partial charge in [0.2, 0.25) is 12.1 Å². The molecule has 1 fully saturated rings. The summed E-state index contributed by atoms with van der Waals surface area (Å²) in [6.45, 7) is 1.24. The van der Waals surface area contributed by atoms with Crippen molar-refractivity contribution in [2.75, 3.05) is 57.5 Å². The summed E-state index contributed by atoms with van der Waals surface area (Å²) in [7, 11) is -6.16. The van der Waals surface area contributed by atoms with Gasteiger partial charge in [-0.15, -0.1) is 0 Å². The lowest BCUT2D eigenvalue weighted by Gasteiger charge is -2.37. The number of carbonyl (C=O) groups is 1. The van der Waals surface area contributed by atoms with Crippen LogP contribution in [0.25, 0.3) is 10.9 Å². The number of nitrogens with zero attached hydrogens (tertiary/aromatic N) is 4. The van der Waals surface area contributed by atoms with Crippen molar-refractivity contribution in [2.24, 2.45) is 0 Å². The van der Waals surface area contributed by atoms with E-state index in [1.165, 1.54) is 0 Å². The van der Waals surface area contributed by atoms with Crippen molar-refractivity contribution in [3.8, 4) is 23.0 Å². The minimum Gasteiger partial charge on any atom is -0.493 e. The van der Waals surface area contributed by atoms with E-state index in [1.807, 2.05) is 6.07 Å². The molecule has 5 rings (SSSR count). The first-order chi connectivity index (χ1) is 19.2. The Kier molecular flexibility index (Phi) is 3.51. The van der Waals surface area contributed by atoms with Crippen LogP contribution in [0.15, 0.2) is 36.4 Å². The second-order valence-corrected chi connectivity index (χ2v) is 7.42. The molecule has 10 heteroatoms. The van der Waals surface area contributed by atoms with E-state index in [2.05, 4.69) is 9.97 Å². The van der Waals surface area contributed by atoms with Crippen LogP contribution in [0.3, 0.4) is 0 Å². The Morgan fingerprint density at radius 2 is 1.85 bits per heavy atom. The SMILES string of the molecule is [2H]c1c(OC([2H])([2H])[2H])c(OC([2H])([2H])[2H])c([2H])c2c(N)nc(N3CCN(C(=O)C4COc5ccccc5O4)CC3)nc12. The first kappa shape index (κ1) is 13.6. The van der Waals surface area contributed by atoms with Gasteiger partial charge in [0.1, 0.15) is 12.4 Å². The third-order valence-corrected chi connectivity index (χ3v) is 5.46. The molecule has 2 aliphatic heterocycles. The van der Waals surface area contributed by atoms with E-state index in [-0.39, 0.29) is 48.3 Å². The van der Waals surface area contributed by atoms with E-state index in [9.17, 15) is 4.79 Å². The number of methoxy groups -OCH3 is 2. The van der Waals surface area contributed by atoms with Crippen LogP contribution in [0.5, 0.6) is 23.0 Å². The number of para-hydroxylation sites is 2. The molecule has 1 atom stereocenters. The molecule has 10 nitrogen and oxygen atoms in total. The maximum atomic E-state index is 13.1. The van der Waals surface area contributed by atoms with Crippen LogP contribution < -0.4 is 29.6 Å². The zero-order chi connectivity index (χ0) is 29.7. The second-order valence-electron chi connectivity index (χ2n) is 7.42. The molecule has 2 aromatic carbocycles. The summed E-state index contributed by atoms with van der Waals surface area (Å²) in [6, 6.07) is 5.81. The molecule has 0 aliphatic carbocycles. The van der Waals surface area contributed by atoms with Gasteiger partial charge in [-0.25, -0.2) is 4.98 Å². The van der Waals surface area contributed by atoms with Crippen LogP contribution in [0.4, 0.5) is 11.8 Å². The predicted molar refractivity (Wildman–Crippen MR) is 122 cm³/mol. The number of benzene rings is 2. The summed E-state index contributed by atoms with van der Waals surface area (Å²) in [4.78, 5) is 25.0. The highest BCUT2D eigenvalue weighted by molar-refractivity contribution is 5.91. The molecule has 1 unspecified atom stereocenters. The number of hydrogen-bond acceptors (Lipinski definition) is 9. The Hall–Kier alpha value is -3.95. The van der Waals surface area contributed by atoms with E-state index < -0.39 is 43.8 Å². The van der Waals surface area contributed by atoms with Crippen LogP contribution in [-0.2, 0) is 4.79 Å². The molecule has 3 heterocycles. The van der Waals surface area contributed by atoms with Gasteiger partial charge >= 0.3 is 0 Å². The van der Waals surface area contributed by atoms with Gasteiger partial charge < -0.3 is 34.5 Å². The first-order valence-corrected chi connectivity index (χ1v) is 10.1. The maximum absolute atomic E-state index is 13.1. The predicted octanol–water partition coefficient (Wildman–Crippen LogP) is 1.72. The van der Waals surface area contributed by atoms with Gasteiger partial charge in [-0.3, -0.25) is 4.79 Å². The van der Waals surface area contributed by atoms with Gasteiger partial charge in [0.25, 0.3) is 5.91 Å². The Balaban J connectivity index is 1.39. The number of nitrogen functional groups attached to an aromatic ring is 1. The van der Waals surface area contributed by atoms with E-state index >= 15 is 0 Å². The highest BCUT2D eigenvalue weighted by Gasteiger charge is 2.33. The van der Waals surface area contributed by atoms with Gasteiger partial charge in [0, 0.05) is 37.6 Å². The lowest BCUT2D eigenvalue weighted by molar-refractivity contribution is -0.141. The van der Waals surface area contributed by atoms with Gasteiger partial charge in [-0.05, 0) is 18.2 Å². The third kappa shape index (κ3) is 3.88. The molecule has 33 heavy (non-hydrogen) atoms. The largest absolute Gasteiger partial charge is 0.493 e. The van der Waals surface area contributed by atoms with Crippen molar-refractivity contribution in [2.45, 2.75) is 6.10 Å². The Labute approximate surface area is 202 Å². The normalized spacial score (nSPS) is 22.0. The molecule has 1 aromatic heterocycles. The van der Waals surface area contributed by atoms with Crippen LogP contribution in [0, 0.1) is 0 Å². The molecule has 0 saturated carbocycles. The van der Waals surface area contributed by atoms with E-state index in [4.69, 9.17) is 35.6 Å². The molecule has 2 aliphatic rings. The van der Waals surface area contributed by atoms with Crippen molar-refractivity contribution in [1.29, 1.82) is 0 Å². The summed E-state index contributed by atoms with van der Waals surface area (Å²) >= 11 is 0. The smallest absolute Gasteiger partial charge is 0.267 e. The van der Waals surface area contributed by atoms with E-state index in [0.29, 0.717) is 24.6 Å².